The van der Waals surface area contributed by atoms with Crippen LogP contribution in [0.2, 0.25) is 0 Å². The molecule has 1 unspecified atom stereocenters. The SMILES string of the molecule is COCC(C)n1ccc2cccc(CNCC(C)C)c21. The van der Waals surface area contributed by atoms with Gasteiger partial charge in [-0.2, -0.15) is 0 Å². The summed E-state index contributed by atoms with van der Waals surface area (Å²) in [5.41, 5.74) is 2.68. The Morgan fingerprint density at radius 2 is 2.00 bits per heavy atom. The molecule has 3 heteroatoms. The maximum atomic E-state index is 5.29. The van der Waals surface area contributed by atoms with Crippen molar-refractivity contribution in [3.8, 4) is 0 Å². The van der Waals surface area contributed by atoms with Gasteiger partial charge < -0.3 is 14.6 Å². The normalized spacial score (nSPS) is 13.2. The van der Waals surface area contributed by atoms with Crippen molar-refractivity contribution in [3.63, 3.8) is 0 Å². The fraction of sp³-hybridized carbons (Fsp3) is 0.529. The molecule has 1 heterocycles. The molecule has 2 aromatic rings. The van der Waals surface area contributed by atoms with E-state index in [1.165, 1.54) is 16.5 Å². The fourth-order valence-corrected chi connectivity index (χ4v) is 2.62. The Morgan fingerprint density at radius 1 is 1.20 bits per heavy atom. The van der Waals surface area contributed by atoms with E-state index >= 15 is 0 Å². The summed E-state index contributed by atoms with van der Waals surface area (Å²) in [7, 11) is 1.76. The molecule has 0 saturated heterocycles. The lowest BCUT2D eigenvalue weighted by molar-refractivity contribution is 0.164. The van der Waals surface area contributed by atoms with Crippen LogP contribution in [-0.2, 0) is 11.3 Å². The molecule has 110 valence electrons. The van der Waals surface area contributed by atoms with Crippen molar-refractivity contribution in [3.05, 3.63) is 36.0 Å². The highest BCUT2D eigenvalue weighted by atomic mass is 16.5. The highest BCUT2D eigenvalue weighted by Crippen LogP contribution is 2.24. The zero-order valence-corrected chi connectivity index (χ0v) is 13.0. The second kappa shape index (κ2) is 6.91. The number of rotatable bonds is 7. The number of benzene rings is 1. The summed E-state index contributed by atoms with van der Waals surface area (Å²) in [6.07, 6.45) is 2.17. The van der Waals surface area contributed by atoms with E-state index in [0.29, 0.717) is 12.0 Å². The van der Waals surface area contributed by atoms with Crippen LogP contribution < -0.4 is 5.32 Å². The molecule has 0 bridgehead atoms. The molecule has 1 atom stereocenters. The minimum atomic E-state index is 0.351. The first-order valence-electron chi connectivity index (χ1n) is 7.41. The topological polar surface area (TPSA) is 26.2 Å². The first-order chi connectivity index (χ1) is 9.63. The van der Waals surface area contributed by atoms with E-state index in [2.05, 4.69) is 61.1 Å². The molecule has 0 aliphatic carbocycles. The second-order valence-electron chi connectivity index (χ2n) is 5.91. The van der Waals surface area contributed by atoms with Gasteiger partial charge in [-0.3, -0.25) is 0 Å². The Bertz CT molecular complexity index is 545. The van der Waals surface area contributed by atoms with E-state index in [1.807, 2.05) is 0 Å². The third-order valence-electron chi connectivity index (χ3n) is 3.57. The number of aromatic nitrogens is 1. The second-order valence-corrected chi connectivity index (χ2v) is 5.91. The van der Waals surface area contributed by atoms with Gasteiger partial charge in [0.1, 0.15) is 0 Å². The molecule has 1 aromatic heterocycles. The van der Waals surface area contributed by atoms with Crippen LogP contribution in [0.25, 0.3) is 10.9 Å². The lowest BCUT2D eigenvalue weighted by Gasteiger charge is -2.17. The molecule has 0 fully saturated rings. The minimum absolute atomic E-state index is 0.351. The molecule has 0 saturated carbocycles. The predicted molar refractivity (Wildman–Crippen MR) is 85.1 cm³/mol. The zero-order valence-electron chi connectivity index (χ0n) is 13.0. The first-order valence-corrected chi connectivity index (χ1v) is 7.41. The quantitative estimate of drug-likeness (QED) is 0.835. The summed E-state index contributed by atoms with van der Waals surface area (Å²) in [5.74, 6) is 0.674. The predicted octanol–water partition coefficient (Wildman–Crippen LogP) is 3.59. The smallest absolute Gasteiger partial charge is 0.0667 e. The summed E-state index contributed by atoms with van der Waals surface area (Å²) in [4.78, 5) is 0. The van der Waals surface area contributed by atoms with Crippen LogP contribution in [0.4, 0.5) is 0 Å². The van der Waals surface area contributed by atoms with Crippen molar-refractivity contribution in [2.24, 2.45) is 5.92 Å². The first kappa shape index (κ1) is 15.1. The van der Waals surface area contributed by atoms with Crippen LogP contribution in [0.3, 0.4) is 0 Å². The number of fused-ring (bicyclic) bond motifs is 1. The standard InChI is InChI=1S/C17H26N2O/c1-13(2)10-18-11-16-7-5-6-15-8-9-19(17(15)16)14(3)12-20-4/h5-9,13-14,18H,10-12H2,1-4H3. The van der Waals surface area contributed by atoms with Gasteiger partial charge in [0.05, 0.1) is 18.2 Å². The van der Waals surface area contributed by atoms with Crippen LogP contribution in [0.15, 0.2) is 30.5 Å². The summed E-state index contributed by atoms with van der Waals surface area (Å²) in [6, 6.07) is 9.07. The van der Waals surface area contributed by atoms with Crippen LogP contribution in [-0.4, -0.2) is 24.8 Å². The molecule has 3 nitrogen and oxygen atoms in total. The van der Waals surface area contributed by atoms with Crippen molar-refractivity contribution in [2.75, 3.05) is 20.3 Å². The zero-order chi connectivity index (χ0) is 14.5. The highest BCUT2D eigenvalue weighted by Gasteiger charge is 2.11. The molecule has 0 aliphatic rings. The lowest BCUT2D eigenvalue weighted by atomic mass is 10.1. The summed E-state index contributed by atoms with van der Waals surface area (Å²) in [5, 5.41) is 4.84. The van der Waals surface area contributed by atoms with Gasteiger partial charge in [0.25, 0.3) is 0 Å². The van der Waals surface area contributed by atoms with E-state index < -0.39 is 0 Å². The Morgan fingerprint density at radius 3 is 2.70 bits per heavy atom. The van der Waals surface area contributed by atoms with E-state index in [1.54, 1.807) is 7.11 Å². The lowest BCUT2D eigenvalue weighted by Crippen LogP contribution is -2.20. The highest BCUT2D eigenvalue weighted by molar-refractivity contribution is 5.83. The average molecular weight is 274 g/mol. The Labute approximate surface area is 121 Å². The summed E-state index contributed by atoms with van der Waals surface area (Å²) in [6.45, 7) is 9.36. The molecule has 0 spiro atoms. The summed E-state index contributed by atoms with van der Waals surface area (Å²) >= 11 is 0. The van der Waals surface area contributed by atoms with E-state index in [-0.39, 0.29) is 0 Å². The van der Waals surface area contributed by atoms with Crippen LogP contribution in [0.1, 0.15) is 32.4 Å². The van der Waals surface area contributed by atoms with Gasteiger partial charge in [0, 0.05) is 19.9 Å². The number of hydrogen-bond acceptors (Lipinski definition) is 2. The van der Waals surface area contributed by atoms with Crippen molar-refractivity contribution < 1.29 is 4.74 Å². The van der Waals surface area contributed by atoms with Gasteiger partial charge in [-0.15, -0.1) is 0 Å². The van der Waals surface area contributed by atoms with Crippen LogP contribution in [0.5, 0.6) is 0 Å². The van der Waals surface area contributed by atoms with Crippen molar-refractivity contribution >= 4 is 10.9 Å². The van der Waals surface area contributed by atoms with Gasteiger partial charge in [0.2, 0.25) is 0 Å². The molecular weight excluding hydrogens is 248 g/mol. The number of nitrogens with one attached hydrogen (secondary N) is 1. The Hall–Kier alpha value is -1.32. The monoisotopic (exact) mass is 274 g/mol. The van der Waals surface area contributed by atoms with Gasteiger partial charge >= 0.3 is 0 Å². The number of para-hydroxylation sites is 1. The van der Waals surface area contributed by atoms with E-state index in [0.717, 1.165) is 19.7 Å². The maximum Gasteiger partial charge on any atom is 0.0667 e. The number of nitrogens with zero attached hydrogens (tertiary/aromatic N) is 1. The molecule has 1 aromatic carbocycles. The molecule has 0 radical (unpaired) electrons. The van der Waals surface area contributed by atoms with Crippen molar-refractivity contribution in [2.45, 2.75) is 33.4 Å². The van der Waals surface area contributed by atoms with E-state index in [9.17, 15) is 0 Å². The van der Waals surface area contributed by atoms with Crippen molar-refractivity contribution in [1.29, 1.82) is 0 Å². The fourth-order valence-electron chi connectivity index (χ4n) is 2.62. The van der Waals surface area contributed by atoms with Gasteiger partial charge in [0.15, 0.2) is 0 Å². The molecule has 2 rings (SSSR count). The number of hydrogen-bond donors (Lipinski definition) is 1. The summed E-state index contributed by atoms with van der Waals surface area (Å²) < 4.78 is 7.62. The molecule has 0 aliphatic heterocycles. The van der Waals surface area contributed by atoms with Gasteiger partial charge in [-0.25, -0.2) is 0 Å². The third-order valence-corrected chi connectivity index (χ3v) is 3.57. The molecule has 20 heavy (non-hydrogen) atoms. The minimum Gasteiger partial charge on any atom is -0.383 e. The van der Waals surface area contributed by atoms with Crippen LogP contribution in [0, 0.1) is 5.92 Å². The van der Waals surface area contributed by atoms with Gasteiger partial charge in [-0.05, 0) is 36.4 Å². The molecule has 1 N–H and O–H groups in total. The molecule has 0 amide bonds. The van der Waals surface area contributed by atoms with Crippen LogP contribution >= 0.6 is 0 Å². The van der Waals surface area contributed by atoms with Crippen molar-refractivity contribution in [1.82, 2.24) is 9.88 Å². The van der Waals surface area contributed by atoms with E-state index in [4.69, 9.17) is 4.74 Å². The average Bonchev–Trinajstić information content (AvgIpc) is 2.83. The number of methoxy groups -OCH3 is 1. The Kier molecular flexibility index (Phi) is 5.21. The number of ether oxygens (including phenoxy) is 1. The third kappa shape index (κ3) is 3.41. The Balaban J connectivity index is 2.26. The van der Waals surface area contributed by atoms with Gasteiger partial charge in [-0.1, -0.05) is 32.0 Å². The largest absolute Gasteiger partial charge is 0.383 e. The molecular formula is C17H26N2O. The maximum absolute atomic E-state index is 5.29.